The molecular formula is C23H21N3O3. The normalized spacial score (nSPS) is 11.0. The van der Waals surface area contributed by atoms with Gasteiger partial charge in [0.25, 0.3) is 0 Å². The number of methoxy groups -OCH3 is 1. The smallest absolute Gasteiger partial charge is 0.249 e. The second-order valence-electron chi connectivity index (χ2n) is 6.93. The summed E-state index contributed by atoms with van der Waals surface area (Å²) in [5.41, 5.74) is 9.59. The lowest BCUT2D eigenvalue weighted by Crippen LogP contribution is -2.17. The molecule has 1 heterocycles. The van der Waals surface area contributed by atoms with Gasteiger partial charge >= 0.3 is 0 Å². The summed E-state index contributed by atoms with van der Waals surface area (Å²) in [6.07, 6.45) is 0. The standard InChI is InChI=1S/C23H21N3O3/c1-13-4-3-5-17-20(13)26-21-18(11-10-16(23(24)28)19(21)22(17)27)25-12-14-6-8-15(29-2)9-7-14/h3-11,25H,12H2,1-2H3,(H2,24,28)(H,26,27). The van der Waals surface area contributed by atoms with Crippen LogP contribution in [-0.2, 0) is 6.54 Å². The van der Waals surface area contributed by atoms with Gasteiger partial charge < -0.3 is 20.8 Å². The Kier molecular flexibility index (Phi) is 4.68. The maximum atomic E-state index is 13.2. The summed E-state index contributed by atoms with van der Waals surface area (Å²) in [6, 6.07) is 16.6. The van der Waals surface area contributed by atoms with Crippen molar-refractivity contribution in [3.05, 3.63) is 81.5 Å². The second-order valence-corrected chi connectivity index (χ2v) is 6.93. The van der Waals surface area contributed by atoms with Crippen LogP contribution in [0, 0.1) is 6.92 Å². The summed E-state index contributed by atoms with van der Waals surface area (Å²) in [7, 11) is 1.63. The van der Waals surface area contributed by atoms with Crippen molar-refractivity contribution in [1.29, 1.82) is 0 Å². The Morgan fingerprint density at radius 1 is 1.07 bits per heavy atom. The van der Waals surface area contributed by atoms with Gasteiger partial charge in [0.1, 0.15) is 5.75 Å². The predicted octanol–water partition coefficient (Wildman–Crippen LogP) is 3.71. The highest BCUT2D eigenvalue weighted by Gasteiger charge is 2.16. The molecule has 0 aliphatic heterocycles. The number of fused-ring (bicyclic) bond motifs is 2. The topological polar surface area (TPSA) is 97.2 Å². The van der Waals surface area contributed by atoms with E-state index in [4.69, 9.17) is 10.5 Å². The molecule has 6 heteroatoms. The SMILES string of the molecule is COc1ccc(CNc2ccc(C(N)=O)c3c(=O)c4cccc(C)c4[nH]c23)cc1. The van der Waals surface area contributed by atoms with E-state index in [1.807, 2.05) is 43.3 Å². The summed E-state index contributed by atoms with van der Waals surface area (Å²) in [4.78, 5) is 28.5. The number of nitrogens with two attached hydrogens (primary N) is 1. The molecule has 4 N–H and O–H groups in total. The van der Waals surface area contributed by atoms with E-state index in [-0.39, 0.29) is 11.0 Å². The molecule has 0 aliphatic rings. The molecule has 3 aromatic carbocycles. The van der Waals surface area contributed by atoms with Gasteiger partial charge in [0, 0.05) is 11.9 Å². The predicted molar refractivity (Wildman–Crippen MR) is 116 cm³/mol. The van der Waals surface area contributed by atoms with E-state index >= 15 is 0 Å². The Hall–Kier alpha value is -3.80. The number of carbonyl (C=O) groups excluding carboxylic acids is 1. The number of pyridine rings is 1. The highest BCUT2D eigenvalue weighted by molar-refractivity contribution is 6.11. The zero-order valence-corrected chi connectivity index (χ0v) is 16.2. The van der Waals surface area contributed by atoms with E-state index in [2.05, 4.69) is 10.3 Å². The van der Waals surface area contributed by atoms with E-state index in [9.17, 15) is 9.59 Å². The number of aromatic nitrogens is 1. The summed E-state index contributed by atoms with van der Waals surface area (Å²) < 4.78 is 5.19. The third kappa shape index (κ3) is 3.29. The number of nitrogens with one attached hydrogen (secondary N) is 2. The number of amides is 1. The molecule has 0 saturated heterocycles. The first-order valence-corrected chi connectivity index (χ1v) is 9.24. The van der Waals surface area contributed by atoms with Crippen LogP contribution in [0.1, 0.15) is 21.5 Å². The lowest BCUT2D eigenvalue weighted by atomic mass is 10.0. The molecule has 1 amide bonds. The van der Waals surface area contributed by atoms with Crippen LogP contribution < -0.4 is 21.2 Å². The monoisotopic (exact) mass is 387 g/mol. The molecule has 4 rings (SSSR count). The van der Waals surface area contributed by atoms with Crippen LogP contribution in [-0.4, -0.2) is 18.0 Å². The van der Waals surface area contributed by atoms with Crippen molar-refractivity contribution in [1.82, 2.24) is 4.98 Å². The fraction of sp³-hybridized carbons (Fsp3) is 0.130. The Morgan fingerprint density at radius 3 is 2.52 bits per heavy atom. The molecule has 0 bridgehead atoms. The Labute approximate surface area is 167 Å². The first-order valence-electron chi connectivity index (χ1n) is 9.24. The van der Waals surface area contributed by atoms with Crippen LogP contribution >= 0.6 is 0 Å². The van der Waals surface area contributed by atoms with Crippen LogP contribution in [0.4, 0.5) is 5.69 Å². The van der Waals surface area contributed by atoms with E-state index in [0.29, 0.717) is 22.8 Å². The van der Waals surface area contributed by atoms with E-state index < -0.39 is 5.91 Å². The van der Waals surface area contributed by atoms with Gasteiger partial charge in [-0.1, -0.05) is 24.3 Å². The van der Waals surface area contributed by atoms with E-state index in [1.54, 1.807) is 25.3 Å². The van der Waals surface area contributed by atoms with Crippen LogP contribution in [0.2, 0.25) is 0 Å². The average molecular weight is 387 g/mol. The molecule has 0 fully saturated rings. The van der Waals surface area contributed by atoms with Crippen LogP contribution in [0.25, 0.3) is 21.8 Å². The molecule has 1 aromatic heterocycles. The summed E-state index contributed by atoms with van der Waals surface area (Å²) >= 11 is 0. The van der Waals surface area contributed by atoms with Gasteiger partial charge in [-0.05, 0) is 48.4 Å². The van der Waals surface area contributed by atoms with Crippen molar-refractivity contribution in [2.24, 2.45) is 5.73 Å². The highest BCUT2D eigenvalue weighted by atomic mass is 16.5. The molecule has 0 aliphatic carbocycles. The summed E-state index contributed by atoms with van der Waals surface area (Å²) in [5.74, 6) is 0.158. The number of ether oxygens (including phenoxy) is 1. The molecule has 0 spiro atoms. The fourth-order valence-corrected chi connectivity index (χ4v) is 3.54. The fourth-order valence-electron chi connectivity index (χ4n) is 3.54. The number of H-pyrrole nitrogens is 1. The number of aromatic amines is 1. The van der Waals surface area contributed by atoms with Gasteiger partial charge in [0.15, 0.2) is 5.43 Å². The van der Waals surface area contributed by atoms with Gasteiger partial charge in [-0.15, -0.1) is 0 Å². The van der Waals surface area contributed by atoms with Crippen LogP contribution in [0.5, 0.6) is 5.75 Å². The van der Waals surface area contributed by atoms with Gasteiger partial charge in [-0.3, -0.25) is 9.59 Å². The van der Waals surface area contributed by atoms with Crippen LogP contribution in [0.3, 0.4) is 0 Å². The van der Waals surface area contributed by atoms with Crippen molar-refractivity contribution < 1.29 is 9.53 Å². The molecule has 0 unspecified atom stereocenters. The number of para-hydroxylation sites is 1. The Balaban J connectivity index is 1.86. The lowest BCUT2D eigenvalue weighted by Gasteiger charge is -2.14. The first-order chi connectivity index (χ1) is 14.0. The number of hydrogen-bond acceptors (Lipinski definition) is 4. The minimum atomic E-state index is -0.630. The molecule has 0 saturated carbocycles. The van der Waals surface area contributed by atoms with Crippen molar-refractivity contribution >= 4 is 33.4 Å². The minimum absolute atomic E-state index is 0.208. The zero-order valence-electron chi connectivity index (χ0n) is 16.2. The minimum Gasteiger partial charge on any atom is -0.497 e. The first kappa shape index (κ1) is 18.6. The number of hydrogen-bond donors (Lipinski definition) is 3. The number of aryl methyl sites for hydroxylation is 1. The Bertz CT molecular complexity index is 1290. The largest absolute Gasteiger partial charge is 0.497 e. The summed E-state index contributed by atoms with van der Waals surface area (Å²) in [6.45, 7) is 2.48. The third-order valence-electron chi connectivity index (χ3n) is 5.11. The van der Waals surface area contributed by atoms with Crippen molar-refractivity contribution in [3.8, 4) is 5.75 Å². The molecule has 0 radical (unpaired) electrons. The second kappa shape index (κ2) is 7.31. The number of rotatable bonds is 5. The number of carbonyl (C=O) groups is 1. The molecule has 146 valence electrons. The zero-order chi connectivity index (χ0) is 20.5. The molecule has 0 atom stereocenters. The third-order valence-corrected chi connectivity index (χ3v) is 5.11. The maximum Gasteiger partial charge on any atom is 0.249 e. The molecule has 4 aromatic rings. The van der Waals surface area contributed by atoms with E-state index in [1.165, 1.54) is 0 Å². The van der Waals surface area contributed by atoms with Gasteiger partial charge in [-0.2, -0.15) is 0 Å². The van der Waals surface area contributed by atoms with Crippen molar-refractivity contribution in [3.63, 3.8) is 0 Å². The van der Waals surface area contributed by atoms with Crippen molar-refractivity contribution in [2.75, 3.05) is 12.4 Å². The number of benzene rings is 3. The molecular weight excluding hydrogens is 366 g/mol. The van der Waals surface area contributed by atoms with Gasteiger partial charge in [0.2, 0.25) is 5.91 Å². The molecule has 6 nitrogen and oxygen atoms in total. The molecule has 29 heavy (non-hydrogen) atoms. The number of primary amides is 1. The lowest BCUT2D eigenvalue weighted by molar-refractivity contribution is 0.100. The maximum absolute atomic E-state index is 13.2. The average Bonchev–Trinajstić information content (AvgIpc) is 2.73. The summed E-state index contributed by atoms with van der Waals surface area (Å²) in [5, 5.41) is 4.19. The van der Waals surface area contributed by atoms with Gasteiger partial charge in [0.05, 0.1) is 34.8 Å². The van der Waals surface area contributed by atoms with Gasteiger partial charge in [-0.25, -0.2) is 0 Å². The highest BCUT2D eigenvalue weighted by Crippen LogP contribution is 2.27. The number of anilines is 1. The Morgan fingerprint density at radius 2 is 1.83 bits per heavy atom. The van der Waals surface area contributed by atoms with E-state index in [0.717, 1.165) is 28.1 Å². The van der Waals surface area contributed by atoms with Crippen molar-refractivity contribution in [2.45, 2.75) is 13.5 Å². The van der Waals surface area contributed by atoms with Crippen LogP contribution in [0.15, 0.2) is 59.4 Å². The quantitative estimate of drug-likeness (QED) is 0.455.